The van der Waals surface area contributed by atoms with E-state index in [1.54, 1.807) is 24.3 Å². The Kier molecular flexibility index (Phi) is 4.61. The second-order valence-corrected chi connectivity index (χ2v) is 5.29. The zero-order valence-electron chi connectivity index (χ0n) is 13.0. The number of aromatic carboxylic acids is 1. The van der Waals surface area contributed by atoms with E-state index in [0.717, 1.165) is 5.39 Å². The Labute approximate surface area is 142 Å². The maximum Gasteiger partial charge on any atom is 0.339 e. The van der Waals surface area contributed by atoms with Crippen molar-refractivity contribution in [3.63, 3.8) is 0 Å². The smallest absolute Gasteiger partial charge is 0.339 e. The number of nitrogens with one attached hydrogen (secondary N) is 1. The normalized spacial score (nSPS) is 10.4. The van der Waals surface area contributed by atoms with Gasteiger partial charge in [-0.15, -0.1) is 0 Å². The molecular weight excluding hydrogens is 325 g/mol. The van der Waals surface area contributed by atoms with Gasteiger partial charge < -0.3 is 15.2 Å². The monoisotopic (exact) mass is 339 g/mol. The van der Waals surface area contributed by atoms with E-state index >= 15 is 0 Å². The third-order valence-electron chi connectivity index (χ3n) is 3.61. The highest BCUT2D eigenvalue weighted by Gasteiger charge is 2.16. The predicted molar refractivity (Wildman–Crippen MR) is 91.4 cm³/mol. The van der Waals surface area contributed by atoms with Crippen molar-refractivity contribution in [3.8, 4) is 5.75 Å². The third kappa shape index (κ3) is 3.58. The van der Waals surface area contributed by atoms with E-state index in [0.29, 0.717) is 5.39 Å². The minimum atomic E-state index is -1.16. The van der Waals surface area contributed by atoms with Gasteiger partial charge in [0.15, 0.2) is 6.61 Å². The Hall–Kier alpha value is -3.41. The summed E-state index contributed by atoms with van der Waals surface area (Å²) < 4.78 is 19.0. The van der Waals surface area contributed by atoms with Crippen LogP contribution in [0.25, 0.3) is 10.8 Å². The molecule has 5 nitrogen and oxygen atoms in total. The number of hydrogen-bond acceptors (Lipinski definition) is 3. The maximum atomic E-state index is 13.6. The van der Waals surface area contributed by atoms with Crippen molar-refractivity contribution in [1.82, 2.24) is 0 Å². The predicted octanol–water partition coefficient (Wildman–Crippen LogP) is 3.69. The average Bonchev–Trinajstić information content (AvgIpc) is 2.61. The van der Waals surface area contributed by atoms with Gasteiger partial charge in [-0.25, -0.2) is 9.18 Å². The zero-order valence-corrected chi connectivity index (χ0v) is 13.0. The number of carbonyl (C=O) groups is 2. The van der Waals surface area contributed by atoms with E-state index < -0.39 is 24.3 Å². The van der Waals surface area contributed by atoms with Crippen molar-refractivity contribution in [1.29, 1.82) is 0 Å². The molecule has 0 spiro atoms. The molecule has 0 unspecified atom stereocenters. The summed E-state index contributed by atoms with van der Waals surface area (Å²) in [4.78, 5) is 23.4. The van der Waals surface area contributed by atoms with E-state index in [4.69, 9.17) is 4.74 Å². The first-order valence-corrected chi connectivity index (χ1v) is 7.48. The molecule has 0 heterocycles. The number of fused-ring (bicyclic) bond motifs is 1. The first-order chi connectivity index (χ1) is 12.1. The van der Waals surface area contributed by atoms with Crippen molar-refractivity contribution in [2.45, 2.75) is 0 Å². The van der Waals surface area contributed by atoms with Gasteiger partial charge in [0.05, 0.1) is 5.69 Å². The number of amides is 1. The number of carboxylic acid groups (broad SMARTS) is 1. The fraction of sp³-hybridized carbons (Fsp3) is 0.0526. The van der Waals surface area contributed by atoms with Gasteiger partial charge in [0.1, 0.15) is 17.1 Å². The zero-order chi connectivity index (χ0) is 17.8. The minimum absolute atomic E-state index is 0.0347. The quantitative estimate of drug-likeness (QED) is 0.743. The van der Waals surface area contributed by atoms with Crippen LogP contribution in [0.5, 0.6) is 5.75 Å². The van der Waals surface area contributed by atoms with Crippen LogP contribution in [0.15, 0.2) is 60.7 Å². The van der Waals surface area contributed by atoms with E-state index in [2.05, 4.69) is 5.32 Å². The number of benzene rings is 3. The molecule has 2 N–H and O–H groups in total. The number of ether oxygens (including phenoxy) is 1. The van der Waals surface area contributed by atoms with Crippen LogP contribution in [0.3, 0.4) is 0 Å². The molecule has 0 aliphatic rings. The topological polar surface area (TPSA) is 75.6 Å². The number of carbonyl (C=O) groups excluding carboxylic acids is 1. The summed E-state index contributed by atoms with van der Waals surface area (Å²) >= 11 is 0. The van der Waals surface area contributed by atoms with Gasteiger partial charge in [-0.05, 0) is 23.6 Å². The van der Waals surface area contributed by atoms with E-state index in [-0.39, 0.29) is 17.0 Å². The molecule has 0 saturated heterocycles. The molecule has 25 heavy (non-hydrogen) atoms. The second kappa shape index (κ2) is 7.00. The van der Waals surface area contributed by atoms with Crippen molar-refractivity contribution in [3.05, 3.63) is 72.0 Å². The van der Waals surface area contributed by atoms with Gasteiger partial charge in [0, 0.05) is 5.39 Å². The van der Waals surface area contributed by atoms with E-state index in [9.17, 15) is 19.1 Å². The number of para-hydroxylation sites is 1. The van der Waals surface area contributed by atoms with Gasteiger partial charge in [0.25, 0.3) is 5.91 Å². The molecule has 126 valence electrons. The van der Waals surface area contributed by atoms with E-state index in [1.807, 2.05) is 12.1 Å². The molecule has 3 rings (SSSR count). The van der Waals surface area contributed by atoms with Crippen LogP contribution in [0.4, 0.5) is 10.1 Å². The number of anilines is 1. The number of carboxylic acids is 1. The summed E-state index contributed by atoms with van der Waals surface area (Å²) in [6.07, 6.45) is 0. The van der Waals surface area contributed by atoms with Gasteiger partial charge >= 0.3 is 5.97 Å². The molecule has 0 atom stereocenters. The summed E-state index contributed by atoms with van der Waals surface area (Å²) in [5.41, 5.74) is -0.00938. The molecule has 0 radical (unpaired) electrons. The average molecular weight is 339 g/mol. The summed E-state index contributed by atoms with van der Waals surface area (Å²) in [6, 6.07) is 15.9. The summed E-state index contributed by atoms with van der Waals surface area (Å²) in [6.45, 7) is -0.442. The van der Waals surface area contributed by atoms with Crippen LogP contribution in [0.2, 0.25) is 0 Å². The van der Waals surface area contributed by atoms with Crippen molar-refractivity contribution in [2.75, 3.05) is 11.9 Å². The largest absolute Gasteiger partial charge is 0.482 e. The van der Waals surface area contributed by atoms with Crippen LogP contribution < -0.4 is 10.1 Å². The first kappa shape index (κ1) is 16.4. The summed E-state index contributed by atoms with van der Waals surface area (Å²) in [5.74, 6) is -2.20. The lowest BCUT2D eigenvalue weighted by Crippen LogP contribution is -2.21. The molecule has 0 aliphatic carbocycles. The molecule has 0 aromatic heterocycles. The number of rotatable bonds is 5. The van der Waals surface area contributed by atoms with Gasteiger partial charge in [-0.3, -0.25) is 4.79 Å². The molecule has 3 aromatic carbocycles. The Morgan fingerprint density at radius 2 is 1.72 bits per heavy atom. The fourth-order valence-corrected chi connectivity index (χ4v) is 2.45. The van der Waals surface area contributed by atoms with Crippen molar-refractivity contribution < 1.29 is 23.8 Å². The standard InChI is InChI=1S/C19H14FNO4/c20-15-7-3-4-8-16(15)21-17(22)11-25-18-13-6-2-1-5-12(13)9-10-14(18)19(23)24/h1-10H,11H2,(H,21,22)(H,23,24). The lowest BCUT2D eigenvalue weighted by Gasteiger charge is -2.12. The minimum Gasteiger partial charge on any atom is -0.482 e. The molecule has 0 saturated carbocycles. The van der Waals surface area contributed by atoms with Crippen LogP contribution >= 0.6 is 0 Å². The Bertz CT molecular complexity index is 955. The number of halogens is 1. The summed E-state index contributed by atoms with van der Waals surface area (Å²) in [7, 11) is 0. The molecule has 6 heteroatoms. The molecule has 1 amide bonds. The first-order valence-electron chi connectivity index (χ1n) is 7.48. The van der Waals surface area contributed by atoms with Crippen LogP contribution in [0, 0.1) is 5.82 Å². The van der Waals surface area contributed by atoms with Gasteiger partial charge in [0.2, 0.25) is 0 Å². The lowest BCUT2D eigenvalue weighted by molar-refractivity contribution is -0.118. The van der Waals surface area contributed by atoms with Gasteiger partial charge in [-0.2, -0.15) is 0 Å². The number of hydrogen-bond donors (Lipinski definition) is 2. The highest BCUT2D eigenvalue weighted by atomic mass is 19.1. The maximum absolute atomic E-state index is 13.6. The van der Waals surface area contributed by atoms with E-state index in [1.165, 1.54) is 24.3 Å². The molecule has 0 bridgehead atoms. The molecule has 0 fully saturated rings. The fourth-order valence-electron chi connectivity index (χ4n) is 2.45. The Morgan fingerprint density at radius 1 is 1.00 bits per heavy atom. The highest BCUT2D eigenvalue weighted by molar-refractivity contribution is 6.01. The van der Waals surface area contributed by atoms with Crippen molar-refractivity contribution >= 4 is 28.3 Å². The molecule has 0 aliphatic heterocycles. The van der Waals surface area contributed by atoms with Crippen LogP contribution in [-0.2, 0) is 4.79 Å². The molecule has 3 aromatic rings. The van der Waals surface area contributed by atoms with Gasteiger partial charge in [-0.1, -0.05) is 42.5 Å². The Balaban J connectivity index is 1.83. The Morgan fingerprint density at radius 3 is 2.48 bits per heavy atom. The highest BCUT2D eigenvalue weighted by Crippen LogP contribution is 2.30. The summed E-state index contributed by atoms with van der Waals surface area (Å²) in [5, 5.41) is 13.1. The van der Waals surface area contributed by atoms with Crippen LogP contribution in [0.1, 0.15) is 10.4 Å². The third-order valence-corrected chi connectivity index (χ3v) is 3.61. The lowest BCUT2D eigenvalue weighted by atomic mass is 10.1. The molecular formula is C19H14FNO4. The SMILES string of the molecule is O=C(COc1c(C(=O)O)ccc2ccccc12)Nc1ccccc1F. The van der Waals surface area contributed by atoms with Crippen LogP contribution in [-0.4, -0.2) is 23.6 Å². The van der Waals surface area contributed by atoms with Crippen molar-refractivity contribution in [2.24, 2.45) is 0 Å². The second-order valence-electron chi connectivity index (χ2n) is 5.29.